The van der Waals surface area contributed by atoms with Gasteiger partial charge in [-0.2, -0.15) is 0 Å². The van der Waals surface area contributed by atoms with Crippen LogP contribution in [-0.2, 0) is 19.8 Å². The molecule has 3 aromatic rings. The van der Waals surface area contributed by atoms with E-state index in [2.05, 4.69) is 34.5 Å². The Kier molecular flexibility index (Phi) is 4.53. The molecule has 7 nitrogen and oxygen atoms in total. The number of pyridine rings is 1. The van der Waals surface area contributed by atoms with Crippen LogP contribution in [0.15, 0.2) is 30.6 Å². The van der Waals surface area contributed by atoms with Crippen molar-refractivity contribution in [2.75, 3.05) is 39.3 Å². The summed E-state index contributed by atoms with van der Waals surface area (Å²) in [7, 11) is 1.73. The number of hydrogen-bond acceptors (Lipinski definition) is 6. The Labute approximate surface area is 169 Å². The third-order valence-electron chi connectivity index (χ3n) is 6.15. The molecule has 5 rings (SSSR count). The first-order valence-electron chi connectivity index (χ1n) is 10.1. The first kappa shape index (κ1) is 18.5. The zero-order chi connectivity index (χ0) is 20.0. The number of methoxy groups -OCH3 is 1. The average molecular weight is 394 g/mol. The van der Waals surface area contributed by atoms with Crippen molar-refractivity contribution in [3.05, 3.63) is 47.5 Å². The zero-order valence-corrected chi connectivity index (χ0v) is 16.9. The van der Waals surface area contributed by atoms with Crippen molar-refractivity contribution >= 4 is 11.3 Å². The molecule has 7 heteroatoms. The lowest BCUT2D eigenvalue weighted by Gasteiger charge is -2.26. The third kappa shape index (κ3) is 3.10. The van der Waals surface area contributed by atoms with Crippen LogP contribution in [0.3, 0.4) is 0 Å². The number of aryl methyl sites for hydroxylation is 1. The maximum absolute atomic E-state index is 6.03. The van der Waals surface area contributed by atoms with Gasteiger partial charge in [0, 0.05) is 50.0 Å². The van der Waals surface area contributed by atoms with E-state index >= 15 is 0 Å². The van der Waals surface area contributed by atoms with Gasteiger partial charge in [-0.1, -0.05) is 0 Å². The first-order chi connectivity index (χ1) is 14.1. The van der Waals surface area contributed by atoms with E-state index in [1.54, 1.807) is 13.4 Å². The highest BCUT2D eigenvalue weighted by Gasteiger charge is 2.38. The summed E-state index contributed by atoms with van der Waals surface area (Å²) < 4.78 is 19.3. The fourth-order valence-electron chi connectivity index (χ4n) is 4.48. The van der Waals surface area contributed by atoms with Crippen molar-refractivity contribution < 1.29 is 14.2 Å². The topological polar surface area (TPSA) is 83.9 Å². The second-order valence-electron chi connectivity index (χ2n) is 8.03. The molecule has 0 aliphatic carbocycles. The van der Waals surface area contributed by atoms with Gasteiger partial charge in [-0.15, -0.1) is 0 Å². The number of nitrogens with two attached hydrogens (primary N) is 1. The molecule has 29 heavy (non-hydrogen) atoms. The Hall–Kier alpha value is -2.48. The number of nitrogens with zero attached hydrogens (tertiary/aromatic N) is 3. The van der Waals surface area contributed by atoms with Crippen LogP contribution < -0.4 is 5.73 Å². The van der Waals surface area contributed by atoms with Crippen LogP contribution >= 0.6 is 0 Å². The smallest absolute Gasteiger partial charge is 0.135 e. The highest BCUT2D eigenvalue weighted by Crippen LogP contribution is 2.37. The molecule has 0 bridgehead atoms. The van der Waals surface area contributed by atoms with Gasteiger partial charge in [0.15, 0.2) is 0 Å². The summed E-state index contributed by atoms with van der Waals surface area (Å²) in [6.45, 7) is 4.82. The van der Waals surface area contributed by atoms with Gasteiger partial charge >= 0.3 is 0 Å². The Balaban J connectivity index is 1.69. The molecule has 2 aliphatic heterocycles. The summed E-state index contributed by atoms with van der Waals surface area (Å²) in [6, 6.07) is 8.35. The van der Waals surface area contributed by atoms with Gasteiger partial charge in [-0.25, -0.2) is 9.97 Å². The number of hydrogen-bond donors (Lipinski definition) is 1. The number of ether oxygens (including phenoxy) is 3. The summed E-state index contributed by atoms with van der Waals surface area (Å²) in [6.07, 6.45) is 3.62. The number of fused-ring (bicyclic) bond motifs is 1. The van der Waals surface area contributed by atoms with Crippen LogP contribution in [0.4, 0.5) is 5.82 Å². The summed E-state index contributed by atoms with van der Waals surface area (Å²) in [5.74, 6) is 0.844. The lowest BCUT2D eigenvalue weighted by molar-refractivity contribution is -0.0245. The van der Waals surface area contributed by atoms with E-state index in [0.29, 0.717) is 24.9 Å². The maximum Gasteiger partial charge on any atom is 0.135 e. The van der Waals surface area contributed by atoms with E-state index in [9.17, 15) is 0 Å². The van der Waals surface area contributed by atoms with E-state index < -0.39 is 5.60 Å². The highest BCUT2D eigenvalue weighted by atomic mass is 16.5. The number of nitrogen functional groups attached to an aromatic ring is 1. The summed E-state index contributed by atoms with van der Waals surface area (Å²) in [5.41, 5.74) is 11.8. The normalized spacial score (nSPS) is 24.6. The minimum atomic E-state index is -0.487. The minimum absolute atomic E-state index is 0.347. The third-order valence-corrected chi connectivity index (χ3v) is 6.15. The van der Waals surface area contributed by atoms with Crippen LogP contribution in [0.1, 0.15) is 35.7 Å². The molecule has 2 aliphatic rings. The van der Waals surface area contributed by atoms with Gasteiger partial charge in [0.1, 0.15) is 17.7 Å². The highest BCUT2D eigenvalue weighted by molar-refractivity contribution is 5.82. The van der Waals surface area contributed by atoms with Crippen molar-refractivity contribution in [1.29, 1.82) is 0 Å². The first-order valence-corrected chi connectivity index (χ1v) is 10.1. The zero-order valence-electron chi connectivity index (χ0n) is 16.9. The van der Waals surface area contributed by atoms with Crippen LogP contribution in [0.5, 0.6) is 0 Å². The van der Waals surface area contributed by atoms with Gasteiger partial charge in [0.25, 0.3) is 0 Å². The van der Waals surface area contributed by atoms with Crippen molar-refractivity contribution in [2.24, 2.45) is 0 Å². The number of rotatable bonds is 4. The molecule has 0 amide bonds. The van der Waals surface area contributed by atoms with Gasteiger partial charge in [0.2, 0.25) is 0 Å². The Morgan fingerprint density at radius 3 is 2.83 bits per heavy atom. The summed E-state index contributed by atoms with van der Waals surface area (Å²) >= 11 is 0. The number of anilines is 1. The monoisotopic (exact) mass is 394 g/mol. The van der Waals surface area contributed by atoms with Crippen molar-refractivity contribution in [3.8, 4) is 11.3 Å². The van der Waals surface area contributed by atoms with E-state index in [4.69, 9.17) is 24.9 Å². The summed E-state index contributed by atoms with van der Waals surface area (Å²) in [5, 5.41) is 0. The molecule has 152 valence electrons. The van der Waals surface area contributed by atoms with Gasteiger partial charge in [0.05, 0.1) is 30.1 Å². The Bertz CT molecular complexity index is 1050. The van der Waals surface area contributed by atoms with Crippen LogP contribution in [-0.4, -0.2) is 47.9 Å². The lowest BCUT2D eigenvalue weighted by atomic mass is 9.95. The fraction of sp³-hybridized carbons (Fsp3) is 0.455. The molecule has 2 N–H and O–H groups in total. The van der Waals surface area contributed by atoms with Crippen molar-refractivity contribution in [3.63, 3.8) is 0 Å². The Morgan fingerprint density at radius 2 is 2.10 bits per heavy atom. The van der Waals surface area contributed by atoms with Gasteiger partial charge < -0.3 is 24.3 Å². The molecule has 3 aromatic heterocycles. The SMILES string of the molecule is CO[C@]1(c2cc(C)cc(-c3cc(C4CCOC4)n4cnc(N)cc34)n2)CCOC1. The van der Waals surface area contributed by atoms with E-state index in [-0.39, 0.29) is 0 Å². The van der Waals surface area contributed by atoms with Crippen LogP contribution in [0.2, 0.25) is 0 Å². The molecular weight excluding hydrogens is 368 g/mol. The molecule has 2 saturated heterocycles. The summed E-state index contributed by atoms with van der Waals surface area (Å²) in [4.78, 5) is 9.35. The fourth-order valence-corrected chi connectivity index (χ4v) is 4.48. The lowest BCUT2D eigenvalue weighted by Crippen LogP contribution is -2.30. The second kappa shape index (κ2) is 7.09. The molecule has 0 saturated carbocycles. The van der Waals surface area contributed by atoms with Crippen LogP contribution in [0.25, 0.3) is 16.8 Å². The van der Waals surface area contributed by atoms with Gasteiger partial charge in [-0.05, 0) is 37.1 Å². The van der Waals surface area contributed by atoms with Gasteiger partial charge in [-0.3, -0.25) is 0 Å². The molecule has 0 aromatic carbocycles. The predicted molar refractivity (Wildman–Crippen MR) is 110 cm³/mol. The minimum Gasteiger partial charge on any atom is -0.384 e. The van der Waals surface area contributed by atoms with Crippen molar-refractivity contribution in [1.82, 2.24) is 14.4 Å². The predicted octanol–water partition coefficient (Wildman–Crippen LogP) is 3.05. The number of aromatic nitrogens is 3. The molecule has 0 spiro atoms. The molecule has 2 atom stereocenters. The largest absolute Gasteiger partial charge is 0.384 e. The standard InChI is InChI=1S/C22H26N4O3/c1-14-7-17(25-20(8-14)22(27-2)4-6-29-12-22)16-9-18(15-3-5-28-11-15)26-13-24-21(23)10-19(16)26/h7-10,13,15H,3-6,11-12,23H2,1-2H3/t15?,22-/m1/s1. The van der Waals surface area contributed by atoms with Crippen LogP contribution in [0, 0.1) is 6.92 Å². The molecule has 2 fully saturated rings. The Morgan fingerprint density at radius 1 is 1.21 bits per heavy atom. The second-order valence-corrected chi connectivity index (χ2v) is 8.03. The van der Waals surface area contributed by atoms with E-state index in [1.807, 2.05) is 6.07 Å². The molecule has 5 heterocycles. The van der Waals surface area contributed by atoms with Crippen molar-refractivity contribution in [2.45, 2.75) is 31.3 Å². The average Bonchev–Trinajstić information content (AvgIpc) is 3.46. The quantitative estimate of drug-likeness (QED) is 0.732. The molecule has 0 radical (unpaired) electrons. The maximum atomic E-state index is 6.03. The van der Waals surface area contributed by atoms with E-state index in [1.165, 1.54) is 5.69 Å². The molecular formula is C22H26N4O3. The van der Waals surface area contributed by atoms with E-state index in [0.717, 1.165) is 54.1 Å². The molecule has 1 unspecified atom stereocenters.